The minimum atomic E-state index is -0.808. The van der Waals surface area contributed by atoms with E-state index in [-0.39, 0.29) is 30.8 Å². The maximum atomic E-state index is 13.2. The number of carbonyl (C=O) groups is 3. The zero-order chi connectivity index (χ0) is 18.9. The number of rotatable bonds is 4. The Labute approximate surface area is 153 Å². The van der Waals surface area contributed by atoms with E-state index in [9.17, 15) is 14.4 Å². The van der Waals surface area contributed by atoms with Crippen LogP contribution in [0, 0.1) is 0 Å². The van der Waals surface area contributed by atoms with Gasteiger partial charge in [-0.25, -0.2) is 0 Å². The van der Waals surface area contributed by atoms with E-state index in [2.05, 4.69) is 5.32 Å². The average Bonchev–Trinajstić information content (AvgIpc) is 3.06. The number of para-hydroxylation sites is 2. The van der Waals surface area contributed by atoms with Crippen LogP contribution in [-0.2, 0) is 14.4 Å². The number of carbonyl (C=O) groups excluding carboxylic acids is 3. The van der Waals surface area contributed by atoms with Crippen LogP contribution in [0.25, 0.3) is 0 Å². The monoisotopic (exact) mass is 358 g/mol. The average molecular weight is 358 g/mol. The third-order valence-electron chi connectivity index (χ3n) is 5.23. The number of anilines is 2. The van der Waals surface area contributed by atoms with Crippen LogP contribution in [0.4, 0.5) is 11.4 Å². The van der Waals surface area contributed by atoms with Gasteiger partial charge in [0.2, 0.25) is 11.8 Å². The van der Waals surface area contributed by atoms with Gasteiger partial charge in [0, 0.05) is 14.1 Å². The van der Waals surface area contributed by atoms with E-state index in [1.54, 1.807) is 30.9 Å². The van der Waals surface area contributed by atoms with Crippen molar-refractivity contribution in [2.45, 2.75) is 31.2 Å². The van der Waals surface area contributed by atoms with Crippen molar-refractivity contribution in [3.8, 4) is 0 Å². The lowest BCUT2D eigenvalue weighted by atomic mass is 9.89. The summed E-state index contributed by atoms with van der Waals surface area (Å²) >= 11 is 0. The molecule has 0 atom stereocenters. The SMILES string of the molecule is CN(CC(=O)N(C)C)CC(=O)N1c2ccccc2NC(=O)C12CCCC2. The minimum absolute atomic E-state index is 0.0623. The van der Waals surface area contributed by atoms with Crippen molar-refractivity contribution in [3.63, 3.8) is 0 Å². The van der Waals surface area contributed by atoms with Crippen molar-refractivity contribution >= 4 is 29.1 Å². The number of nitrogens with zero attached hydrogens (tertiary/aromatic N) is 3. The molecule has 0 aromatic heterocycles. The lowest BCUT2D eigenvalue weighted by molar-refractivity contribution is -0.131. The molecule has 1 aromatic rings. The third-order valence-corrected chi connectivity index (χ3v) is 5.23. The Bertz CT molecular complexity index is 725. The van der Waals surface area contributed by atoms with Crippen LogP contribution in [0.5, 0.6) is 0 Å². The highest BCUT2D eigenvalue weighted by Gasteiger charge is 2.52. The van der Waals surface area contributed by atoms with Gasteiger partial charge in [0.1, 0.15) is 5.54 Å². The molecule has 1 aliphatic heterocycles. The van der Waals surface area contributed by atoms with Gasteiger partial charge in [-0.3, -0.25) is 24.2 Å². The molecule has 7 nitrogen and oxygen atoms in total. The zero-order valence-electron chi connectivity index (χ0n) is 15.6. The summed E-state index contributed by atoms with van der Waals surface area (Å²) in [4.78, 5) is 42.9. The smallest absolute Gasteiger partial charge is 0.250 e. The van der Waals surface area contributed by atoms with Gasteiger partial charge in [-0.2, -0.15) is 0 Å². The summed E-state index contributed by atoms with van der Waals surface area (Å²) < 4.78 is 0. The van der Waals surface area contributed by atoms with Crippen LogP contribution in [-0.4, -0.2) is 67.3 Å². The number of hydrogen-bond acceptors (Lipinski definition) is 4. The van der Waals surface area contributed by atoms with Gasteiger partial charge in [-0.05, 0) is 32.0 Å². The van der Waals surface area contributed by atoms with Crippen LogP contribution in [0.15, 0.2) is 24.3 Å². The molecule has 0 saturated heterocycles. The molecular formula is C19H26N4O3. The van der Waals surface area contributed by atoms with Gasteiger partial charge in [0.05, 0.1) is 24.5 Å². The molecule has 1 saturated carbocycles. The summed E-state index contributed by atoms with van der Waals surface area (Å²) in [6.07, 6.45) is 3.18. The molecule has 0 radical (unpaired) electrons. The topological polar surface area (TPSA) is 73.0 Å². The lowest BCUT2D eigenvalue weighted by Crippen LogP contribution is -2.62. The van der Waals surface area contributed by atoms with E-state index in [1.165, 1.54) is 4.90 Å². The molecule has 1 aliphatic carbocycles. The Balaban J connectivity index is 1.88. The lowest BCUT2D eigenvalue weighted by Gasteiger charge is -2.44. The molecule has 2 aliphatic rings. The van der Waals surface area contributed by atoms with Crippen molar-refractivity contribution < 1.29 is 14.4 Å². The first kappa shape index (κ1) is 18.4. The number of likely N-dealkylation sites (N-methyl/N-ethyl adjacent to an activating group) is 2. The minimum Gasteiger partial charge on any atom is -0.348 e. The first-order chi connectivity index (χ1) is 12.3. The maximum absolute atomic E-state index is 13.2. The predicted octanol–water partition coefficient (Wildman–Crippen LogP) is 1.30. The first-order valence-electron chi connectivity index (χ1n) is 8.97. The second kappa shape index (κ2) is 7.07. The van der Waals surface area contributed by atoms with E-state index in [0.717, 1.165) is 18.5 Å². The molecule has 3 rings (SSSR count). The molecule has 7 heteroatoms. The van der Waals surface area contributed by atoms with Crippen molar-refractivity contribution in [3.05, 3.63) is 24.3 Å². The van der Waals surface area contributed by atoms with E-state index < -0.39 is 5.54 Å². The van der Waals surface area contributed by atoms with E-state index in [0.29, 0.717) is 18.5 Å². The number of fused-ring (bicyclic) bond motifs is 1. The third kappa shape index (κ3) is 3.19. The second-order valence-corrected chi connectivity index (χ2v) is 7.40. The van der Waals surface area contributed by atoms with Crippen LogP contribution < -0.4 is 10.2 Å². The summed E-state index contributed by atoms with van der Waals surface area (Å²) in [6.45, 7) is 0.246. The Morgan fingerprint density at radius 2 is 1.77 bits per heavy atom. The molecule has 3 amide bonds. The quantitative estimate of drug-likeness (QED) is 0.881. The second-order valence-electron chi connectivity index (χ2n) is 7.40. The fourth-order valence-corrected chi connectivity index (χ4v) is 3.86. The van der Waals surface area contributed by atoms with Crippen LogP contribution in [0.3, 0.4) is 0 Å². The number of amides is 3. The van der Waals surface area contributed by atoms with Crippen molar-refractivity contribution in [1.29, 1.82) is 0 Å². The van der Waals surface area contributed by atoms with E-state index in [4.69, 9.17) is 0 Å². The fraction of sp³-hybridized carbons (Fsp3) is 0.526. The van der Waals surface area contributed by atoms with Crippen molar-refractivity contribution in [2.75, 3.05) is 44.4 Å². The van der Waals surface area contributed by atoms with Gasteiger partial charge in [-0.1, -0.05) is 25.0 Å². The van der Waals surface area contributed by atoms with E-state index in [1.807, 2.05) is 24.3 Å². The molecule has 140 valence electrons. The fourth-order valence-electron chi connectivity index (χ4n) is 3.86. The van der Waals surface area contributed by atoms with Gasteiger partial charge in [-0.15, -0.1) is 0 Å². The molecular weight excluding hydrogens is 332 g/mol. The standard InChI is InChI=1S/C19H26N4O3/c1-21(2)16(24)12-22(3)13-17(25)23-15-9-5-4-8-14(15)20-18(26)19(23)10-6-7-11-19/h4-5,8-9H,6-7,10-13H2,1-3H3,(H,20,26). The molecule has 1 aromatic carbocycles. The van der Waals surface area contributed by atoms with Gasteiger partial charge in [0.25, 0.3) is 5.91 Å². The largest absolute Gasteiger partial charge is 0.348 e. The highest BCUT2D eigenvalue weighted by Crippen LogP contribution is 2.45. The highest BCUT2D eigenvalue weighted by molar-refractivity contribution is 6.15. The predicted molar refractivity (Wildman–Crippen MR) is 99.9 cm³/mol. The molecule has 0 unspecified atom stereocenters. The highest BCUT2D eigenvalue weighted by atomic mass is 16.2. The van der Waals surface area contributed by atoms with Crippen LogP contribution in [0.2, 0.25) is 0 Å². The number of benzene rings is 1. The van der Waals surface area contributed by atoms with E-state index >= 15 is 0 Å². The number of nitrogens with one attached hydrogen (secondary N) is 1. The maximum Gasteiger partial charge on any atom is 0.250 e. The van der Waals surface area contributed by atoms with Crippen LogP contribution >= 0.6 is 0 Å². The van der Waals surface area contributed by atoms with Gasteiger partial charge < -0.3 is 10.2 Å². The Hall–Kier alpha value is -2.41. The van der Waals surface area contributed by atoms with Gasteiger partial charge >= 0.3 is 0 Å². The summed E-state index contributed by atoms with van der Waals surface area (Å²) in [7, 11) is 5.13. The summed E-state index contributed by atoms with van der Waals surface area (Å²) in [5, 5.41) is 2.97. The van der Waals surface area contributed by atoms with Crippen molar-refractivity contribution in [1.82, 2.24) is 9.80 Å². The molecule has 0 bridgehead atoms. The summed E-state index contributed by atoms with van der Waals surface area (Å²) in [6, 6.07) is 7.40. The van der Waals surface area contributed by atoms with Crippen molar-refractivity contribution in [2.24, 2.45) is 0 Å². The zero-order valence-corrected chi connectivity index (χ0v) is 15.6. The Morgan fingerprint density at radius 3 is 2.42 bits per heavy atom. The summed E-state index contributed by atoms with van der Waals surface area (Å²) in [5.41, 5.74) is 0.597. The molecule has 1 spiro atoms. The Morgan fingerprint density at radius 1 is 1.12 bits per heavy atom. The van der Waals surface area contributed by atoms with Crippen LogP contribution in [0.1, 0.15) is 25.7 Å². The molecule has 1 heterocycles. The summed E-state index contributed by atoms with van der Waals surface area (Å²) in [5.74, 6) is -0.315. The molecule has 1 fully saturated rings. The molecule has 26 heavy (non-hydrogen) atoms. The van der Waals surface area contributed by atoms with Gasteiger partial charge in [0.15, 0.2) is 0 Å². The Kier molecular flexibility index (Phi) is 5.00. The first-order valence-corrected chi connectivity index (χ1v) is 8.97. The number of hydrogen-bond donors (Lipinski definition) is 1. The normalized spacial score (nSPS) is 18.0. The molecule has 1 N–H and O–H groups in total.